The van der Waals surface area contributed by atoms with Crippen molar-refractivity contribution < 1.29 is 9.47 Å². The van der Waals surface area contributed by atoms with Gasteiger partial charge in [-0.05, 0) is 33.2 Å². The van der Waals surface area contributed by atoms with Gasteiger partial charge >= 0.3 is 0 Å². The number of rotatable bonds is 6. The summed E-state index contributed by atoms with van der Waals surface area (Å²) >= 11 is 0. The van der Waals surface area contributed by atoms with Crippen LogP contribution in [0.3, 0.4) is 0 Å². The Hall–Kier alpha value is -1.07. The molecule has 0 amide bonds. The maximum Gasteiger partial charge on any atom is 0.161 e. The fourth-order valence-corrected chi connectivity index (χ4v) is 3.60. The number of methoxy groups -OCH3 is 1. The molecule has 1 aromatic heterocycles. The van der Waals surface area contributed by atoms with Crippen molar-refractivity contribution in [3.63, 3.8) is 0 Å². The second kappa shape index (κ2) is 6.79. The molecular formula is C16H29N3O2. The molecular weight excluding hydrogens is 266 g/mol. The monoisotopic (exact) mass is 295 g/mol. The van der Waals surface area contributed by atoms with E-state index in [2.05, 4.69) is 45.0 Å². The number of nitrogens with zero attached hydrogens (tertiary/aromatic N) is 2. The molecule has 1 aliphatic heterocycles. The molecule has 0 aromatic carbocycles. The van der Waals surface area contributed by atoms with Crippen LogP contribution < -0.4 is 10.1 Å². The van der Waals surface area contributed by atoms with Crippen molar-refractivity contribution in [3.8, 4) is 5.75 Å². The molecule has 0 radical (unpaired) electrons. The average Bonchev–Trinajstić information content (AvgIpc) is 2.98. The fraction of sp³-hybridized carbons (Fsp3) is 0.812. The predicted molar refractivity (Wildman–Crippen MR) is 83.5 cm³/mol. The Bertz CT molecular complexity index is 439. The first-order valence-electron chi connectivity index (χ1n) is 8.03. The van der Waals surface area contributed by atoms with Gasteiger partial charge in [0.05, 0.1) is 37.3 Å². The SMILES string of the molecule is CCNC(c1c(OC)cnn1CC)C1C(C)OC(C)C1C. The minimum atomic E-state index is 0.197. The highest BCUT2D eigenvalue weighted by Crippen LogP contribution is 2.42. The maximum absolute atomic E-state index is 6.05. The van der Waals surface area contributed by atoms with Crippen LogP contribution in [0, 0.1) is 11.8 Å². The normalized spacial score (nSPS) is 30.6. The second-order valence-electron chi connectivity index (χ2n) is 5.93. The van der Waals surface area contributed by atoms with Gasteiger partial charge in [-0.25, -0.2) is 0 Å². The summed E-state index contributed by atoms with van der Waals surface area (Å²) in [5.41, 5.74) is 1.14. The van der Waals surface area contributed by atoms with Gasteiger partial charge in [-0.15, -0.1) is 0 Å². The lowest BCUT2D eigenvalue weighted by atomic mass is 9.81. The molecule has 0 aliphatic carbocycles. The van der Waals surface area contributed by atoms with Crippen LogP contribution in [0.4, 0.5) is 0 Å². The molecule has 1 aliphatic rings. The lowest BCUT2D eigenvalue weighted by molar-refractivity contribution is 0.0471. The van der Waals surface area contributed by atoms with Crippen molar-refractivity contribution in [1.82, 2.24) is 15.1 Å². The molecule has 1 fully saturated rings. The minimum absolute atomic E-state index is 0.197. The lowest BCUT2D eigenvalue weighted by Gasteiger charge is -2.30. The molecule has 5 unspecified atom stereocenters. The highest BCUT2D eigenvalue weighted by molar-refractivity contribution is 5.29. The summed E-state index contributed by atoms with van der Waals surface area (Å²) in [5.74, 6) is 1.77. The zero-order valence-corrected chi connectivity index (χ0v) is 14.1. The van der Waals surface area contributed by atoms with Crippen LogP contribution in [0.5, 0.6) is 5.75 Å². The van der Waals surface area contributed by atoms with Crippen molar-refractivity contribution >= 4 is 0 Å². The lowest BCUT2D eigenvalue weighted by Crippen LogP contribution is -2.36. The Morgan fingerprint density at radius 2 is 2.05 bits per heavy atom. The van der Waals surface area contributed by atoms with Crippen molar-refractivity contribution in [1.29, 1.82) is 0 Å². The van der Waals surface area contributed by atoms with Crippen molar-refractivity contribution in [2.75, 3.05) is 13.7 Å². The van der Waals surface area contributed by atoms with Gasteiger partial charge in [0.1, 0.15) is 0 Å². The van der Waals surface area contributed by atoms with Crippen LogP contribution in [0.2, 0.25) is 0 Å². The second-order valence-corrected chi connectivity index (χ2v) is 5.93. The van der Waals surface area contributed by atoms with E-state index in [4.69, 9.17) is 9.47 Å². The van der Waals surface area contributed by atoms with E-state index in [-0.39, 0.29) is 18.2 Å². The molecule has 120 valence electrons. The van der Waals surface area contributed by atoms with Crippen molar-refractivity contribution in [2.24, 2.45) is 11.8 Å². The molecule has 0 spiro atoms. The quantitative estimate of drug-likeness (QED) is 0.876. The van der Waals surface area contributed by atoms with Crippen LogP contribution in [-0.4, -0.2) is 35.6 Å². The van der Waals surface area contributed by atoms with Gasteiger partial charge in [0, 0.05) is 12.5 Å². The third kappa shape index (κ3) is 2.94. The van der Waals surface area contributed by atoms with E-state index in [9.17, 15) is 0 Å². The van der Waals surface area contributed by atoms with Crippen molar-refractivity contribution in [2.45, 2.75) is 59.4 Å². The summed E-state index contributed by atoms with van der Waals surface area (Å²) in [5, 5.41) is 8.10. The fourth-order valence-electron chi connectivity index (χ4n) is 3.60. The van der Waals surface area contributed by atoms with Crippen LogP contribution in [0.25, 0.3) is 0 Å². The van der Waals surface area contributed by atoms with Crippen LogP contribution >= 0.6 is 0 Å². The number of hydrogen-bond donors (Lipinski definition) is 1. The van der Waals surface area contributed by atoms with E-state index >= 15 is 0 Å². The third-order valence-electron chi connectivity index (χ3n) is 4.79. The number of nitrogens with one attached hydrogen (secondary N) is 1. The molecule has 1 saturated heterocycles. The molecule has 1 N–H and O–H groups in total. The van der Waals surface area contributed by atoms with Crippen molar-refractivity contribution in [3.05, 3.63) is 11.9 Å². The van der Waals surface area contributed by atoms with E-state index in [1.807, 2.05) is 10.9 Å². The first-order valence-corrected chi connectivity index (χ1v) is 8.03. The molecule has 0 bridgehead atoms. The van der Waals surface area contributed by atoms with E-state index in [1.54, 1.807) is 7.11 Å². The number of ether oxygens (including phenoxy) is 2. The smallest absolute Gasteiger partial charge is 0.161 e. The van der Waals surface area contributed by atoms with Gasteiger partial charge in [0.25, 0.3) is 0 Å². The van der Waals surface area contributed by atoms with Gasteiger partial charge in [-0.2, -0.15) is 5.10 Å². The largest absolute Gasteiger partial charge is 0.493 e. The Morgan fingerprint density at radius 1 is 1.33 bits per heavy atom. The number of aromatic nitrogens is 2. The van der Waals surface area contributed by atoms with Gasteiger partial charge in [0.15, 0.2) is 5.75 Å². The molecule has 0 saturated carbocycles. The molecule has 5 atom stereocenters. The molecule has 5 nitrogen and oxygen atoms in total. The predicted octanol–water partition coefficient (Wildman–Crippen LogP) is 2.62. The van der Waals surface area contributed by atoms with Crippen LogP contribution in [-0.2, 0) is 11.3 Å². The topological polar surface area (TPSA) is 48.3 Å². The third-order valence-corrected chi connectivity index (χ3v) is 4.79. The summed E-state index contributed by atoms with van der Waals surface area (Å²) in [4.78, 5) is 0. The summed E-state index contributed by atoms with van der Waals surface area (Å²) in [6, 6.07) is 0.197. The summed E-state index contributed by atoms with van der Waals surface area (Å²) in [6.07, 6.45) is 2.33. The van der Waals surface area contributed by atoms with Gasteiger partial charge in [-0.1, -0.05) is 13.8 Å². The first-order chi connectivity index (χ1) is 10.0. The first kappa shape index (κ1) is 16.3. The Morgan fingerprint density at radius 3 is 2.52 bits per heavy atom. The van der Waals surface area contributed by atoms with E-state index < -0.39 is 0 Å². The Balaban J connectivity index is 2.41. The molecule has 21 heavy (non-hydrogen) atoms. The summed E-state index contributed by atoms with van der Waals surface area (Å²) in [7, 11) is 1.71. The standard InChI is InChI=1S/C16H29N3O2/c1-7-17-15(14-10(3)11(4)21-12(14)5)16-13(20-6)9-18-19(16)8-2/h9-12,14-15,17H,7-8H2,1-6H3. The van der Waals surface area contributed by atoms with E-state index in [1.165, 1.54) is 0 Å². The van der Waals surface area contributed by atoms with Crippen LogP contribution in [0.1, 0.15) is 46.4 Å². The number of hydrogen-bond acceptors (Lipinski definition) is 4. The molecule has 5 heteroatoms. The molecule has 1 aromatic rings. The van der Waals surface area contributed by atoms with E-state index in [0.29, 0.717) is 11.8 Å². The van der Waals surface area contributed by atoms with Gasteiger partial charge in [-0.3, -0.25) is 4.68 Å². The molecule has 2 rings (SSSR count). The summed E-state index contributed by atoms with van der Waals surface area (Å²) in [6.45, 7) is 12.6. The van der Waals surface area contributed by atoms with Gasteiger partial charge in [0.2, 0.25) is 0 Å². The van der Waals surface area contributed by atoms with Gasteiger partial charge < -0.3 is 14.8 Å². The number of aryl methyl sites for hydroxylation is 1. The highest BCUT2D eigenvalue weighted by Gasteiger charge is 2.43. The molecule has 2 heterocycles. The highest BCUT2D eigenvalue weighted by atomic mass is 16.5. The minimum Gasteiger partial charge on any atom is -0.493 e. The van der Waals surface area contributed by atoms with E-state index in [0.717, 1.165) is 24.5 Å². The zero-order chi connectivity index (χ0) is 15.6. The average molecular weight is 295 g/mol. The zero-order valence-electron chi connectivity index (χ0n) is 14.1. The Labute approximate surface area is 128 Å². The Kier molecular flexibility index (Phi) is 5.27. The maximum atomic E-state index is 6.05. The summed E-state index contributed by atoms with van der Waals surface area (Å²) < 4.78 is 13.6. The van der Waals surface area contributed by atoms with Crippen LogP contribution in [0.15, 0.2) is 6.20 Å².